The highest BCUT2D eigenvalue weighted by molar-refractivity contribution is 8.04. The summed E-state index contributed by atoms with van der Waals surface area (Å²) in [7, 11) is 6.16. The molecule has 5 heterocycles. The van der Waals surface area contributed by atoms with Crippen LogP contribution in [-0.4, -0.2) is 102 Å². The van der Waals surface area contributed by atoms with Crippen LogP contribution >= 0.6 is 11.8 Å². The number of allylic oxidation sites excluding steroid dienone is 4. The lowest BCUT2D eigenvalue weighted by Gasteiger charge is -2.55. The van der Waals surface area contributed by atoms with Crippen LogP contribution in [0.25, 0.3) is 16.5 Å². The molecule has 2 aromatic heterocycles. The number of halogens is 2. The van der Waals surface area contributed by atoms with E-state index in [1.165, 1.54) is 12.2 Å². The number of likely N-dealkylation sites (tertiary alicyclic amines) is 1. The van der Waals surface area contributed by atoms with Crippen molar-refractivity contribution in [1.29, 1.82) is 5.26 Å². The monoisotopic (exact) mass is 648 g/mol. The lowest BCUT2D eigenvalue weighted by Crippen LogP contribution is -2.71. The highest BCUT2D eigenvalue weighted by atomic mass is 32.2. The van der Waals surface area contributed by atoms with Gasteiger partial charge in [-0.05, 0) is 57.8 Å². The molecule has 2 saturated carbocycles. The molecule has 2 N–H and O–H groups in total. The van der Waals surface area contributed by atoms with Crippen LogP contribution in [0.4, 0.5) is 14.6 Å². The molecule has 46 heavy (non-hydrogen) atoms. The summed E-state index contributed by atoms with van der Waals surface area (Å²) in [6.45, 7) is 3.86. The number of ether oxygens (including phenoxy) is 2. The van der Waals surface area contributed by atoms with E-state index in [1.54, 1.807) is 6.20 Å². The molecule has 242 valence electrons. The number of anilines is 1. The number of hydrogen-bond donors (Lipinski definition) is 1. The summed E-state index contributed by atoms with van der Waals surface area (Å²) < 4.78 is 43.5. The zero-order valence-corrected chi connectivity index (χ0v) is 27.1. The van der Waals surface area contributed by atoms with Crippen molar-refractivity contribution in [3.8, 4) is 12.1 Å². The van der Waals surface area contributed by atoms with E-state index in [0.717, 1.165) is 63.6 Å². The minimum atomic E-state index is -0.741. The summed E-state index contributed by atoms with van der Waals surface area (Å²) >= 11 is 1.08. The Kier molecular flexibility index (Phi) is 7.10. The number of nitrogens with two attached hydrogens (primary N) is 1. The first-order valence-corrected chi connectivity index (χ1v) is 16.9. The molecule has 3 aliphatic carbocycles. The van der Waals surface area contributed by atoms with Crippen molar-refractivity contribution in [2.24, 2.45) is 17.1 Å². The highest BCUT2D eigenvalue weighted by Gasteiger charge is 2.53. The fourth-order valence-electron chi connectivity index (χ4n) is 7.67. The summed E-state index contributed by atoms with van der Waals surface area (Å²) in [4.78, 5) is 20.8. The smallest absolute Gasteiger partial charge is 0.319 e. The molecule has 0 aromatic carbocycles. The second-order valence-corrected chi connectivity index (χ2v) is 15.3. The van der Waals surface area contributed by atoms with Gasteiger partial charge in [0.2, 0.25) is 0 Å². The minimum absolute atomic E-state index is 0.00419. The van der Waals surface area contributed by atoms with Crippen molar-refractivity contribution in [2.75, 3.05) is 58.9 Å². The van der Waals surface area contributed by atoms with Crippen molar-refractivity contribution >= 4 is 34.1 Å². The first-order chi connectivity index (χ1) is 22.1. The van der Waals surface area contributed by atoms with Gasteiger partial charge >= 0.3 is 6.01 Å². The van der Waals surface area contributed by atoms with E-state index in [2.05, 4.69) is 44.8 Å². The number of hydrogen-bond acceptors (Lipinski definition) is 11. The molecular weight excluding hydrogens is 610 g/mol. The van der Waals surface area contributed by atoms with Gasteiger partial charge in [-0.25, -0.2) is 8.78 Å². The van der Waals surface area contributed by atoms with Crippen LogP contribution in [0.5, 0.6) is 6.01 Å². The Morgan fingerprint density at radius 2 is 2.00 bits per heavy atom. The van der Waals surface area contributed by atoms with Gasteiger partial charge in [-0.2, -0.15) is 15.2 Å². The lowest BCUT2D eigenvalue weighted by molar-refractivity contribution is -0.218. The number of aromatic nitrogens is 3. The van der Waals surface area contributed by atoms with Crippen molar-refractivity contribution in [3.05, 3.63) is 46.3 Å². The molecule has 10 nitrogen and oxygen atoms in total. The molecule has 6 aliphatic rings. The van der Waals surface area contributed by atoms with E-state index in [9.17, 15) is 9.65 Å². The third kappa shape index (κ3) is 4.71. The second kappa shape index (κ2) is 10.9. The average molecular weight is 649 g/mol. The molecule has 2 saturated heterocycles. The van der Waals surface area contributed by atoms with Gasteiger partial charge in [0.15, 0.2) is 5.82 Å². The molecule has 0 amide bonds. The Bertz CT molecular complexity index is 1750. The van der Waals surface area contributed by atoms with Crippen LogP contribution in [0.1, 0.15) is 37.8 Å². The molecule has 0 spiro atoms. The Labute approximate surface area is 271 Å². The molecule has 8 rings (SSSR count). The maximum absolute atomic E-state index is 16.8. The third-order valence-corrected chi connectivity index (χ3v) is 12.3. The van der Waals surface area contributed by atoms with E-state index in [1.807, 2.05) is 7.05 Å². The molecule has 3 unspecified atom stereocenters. The Hall–Kier alpha value is -3.31. The lowest BCUT2D eigenvalue weighted by atomic mass is 9.75. The average Bonchev–Trinajstić information content (AvgIpc) is 3.68. The third-order valence-electron chi connectivity index (χ3n) is 11.1. The van der Waals surface area contributed by atoms with Crippen LogP contribution in [0.15, 0.2) is 34.8 Å². The van der Waals surface area contributed by atoms with E-state index >= 15 is 4.39 Å². The van der Waals surface area contributed by atoms with Gasteiger partial charge in [0.1, 0.15) is 22.9 Å². The van der Waals surface area contributed by atoms with Crippen LogP contribution in [0.2, 0.25) is 0 Å². The summed E-state index contributed by atoms with van der Waals surface area (Å²) in [5.41, 5.74) is 6.86. The van der Waals surface area contributed by atoms with Gasteiger partial charge in [0, 0.05) is 49.8 Å². The Morgan fingerprint density at radius 1 is 1.20 bits per heavy atom. The van der Waals surface area contributed by atoms with Crippen LogP contribution < -0.4 is 15.4 Å². The van der Waals surface area contributed by atoms with Crippen LogP contribution in [0.3, 0.4) is 0 Å². The normalized spacial score (nSPS) is 28.7. The van der Waals surface area contributed by atoms with Gasteiger partial charge in [-0.15, -0.1) is 0 Å². The zero-order valence-electron chi connectivity index (χ0n) is 26.3. The number of thioether (sulfide) groups is 1. The predicted molar refractivity (Wildman–Crippen MR) is 172 cm³/mol. The van der Waals surface area contributed by atoms with Crippen molar-refractivity contribution in [3.63, 3.8) is 0 Å². The number of likely N-dealkylation sites (N-methyl/N-ethyl adjacent to an activating group) is 2. The van der Waals surface area contributed by atoms with Crippen LogP contribution in [-0.2, 0) is 4.74 Å². The Balaban J connectivity index is 1.16. The summed E-state index contributed by atoms with van der Waals surface area (Å²) in [6, 6.07) is 2.76. The minimum Gasteiger partial charge on any atom is -0.463 e. The van der Waals surface area contributed by atoms with E-state index in [4.69, 9.17) is 20.2 Å². The maximum atomic E-state index is 16.8. The topological polar surface area (TPSA) is 117 Å². The molecule has 3 aliphatic heterocycles. The maximum Gasteiger partial charge on any atom is 0.319 e. The Morgan fingerprint density at radius 3 is 2.61 bits per heavy atom. The molecular formula is C33H38F2N8O2S. The van der Waals surface area contributed by atoms with Crippen LogP contribution in [0, 0.1) is 28.5 Å². The van der Waals surface area contributed by atoms with E-state index < -0.39 is 22.8 Å². The van der Waals surface area contributed by atoms with Gasteiger partial charge in [0.05, 0.1) is 52.7 Å². The van der Waals surface area contributed by atoms with Gasteiger partial charge < -0.3 is 25.0 Å². The highest BCUT2D eigenvalue weighted by Crippen LogP contribution is 2.52. The quantitative estimate of drug-likeness (QED) is 0.403. The molecule has 4 fully saturated rings. The number of nitriles is 1. The second-order valence-electron chi connectivity index (χ2n) is 14.1. The van der Waals surface area contributed by atoms with Gasteiger partial charge in [-0.1, -0.05) is 17.8 Å². The largest absolute Gasteiger partial charge is 0.463 e. The number of rotatable bonds is 10. The summed E-state index contributed by atoms with van der Waals surface area (Å²) in [5, 5.41) is 9.83. The zero-order chi connectivity index (χ0) is 32.0. The number of fused-ring (bicyclic) bond motifs is 3. The van der Waals surface area contributed by atoms with Gasteiger partial charge in [-0.3, -0.25) is 9.88 Å². The molecule has 0 radical (unpaired) electrons. The fourth-order valence-corrected chi connectivity index (χ4v) is 8.85. The number of nitrogens with zero attached hydrogens (tertiary/aromatic N) is 7. The fraction of sp³-hybridized carbons (Fsp3) is 0.576. The predicted octanol–water partition coefficient (Wildman–Crippen LogP) is 4.00. The van der Waals surface area contributed by atoms with E-state index in [-0.39, 0.29) is 38.8 Å². The summed E-state index contributed by atoms with van der Waals surface area (Å²) in [6.07, 6.45) is 10.2. The van der Waals surface area contributed by atoms with E-state index in [0.29, 0.717) is 42.1 Å². The standard InChI is InChI=1S/C33H38F2N8O2S/c1-41(2)33(7-4-8-33)16-42(3)30-20-12-38-26(18-5-6-21(34)28-24(18)19(11-36)29(37)46-28)25(35)27(20)39-31(40-30)45-17-32(9-10-32)15-43-13-23-22(43)14-44-23/h5-6,12,22-24,28H,4,7-10,13-17,37H2,1-3H3/t22?,23-,24?,28?/m0/s1. The number of morpholine rings is 1. The summed E-state index contributed by atoms with van der Waals surface area (Å²) in [5.74, 6) is -1.26. The van der Waals surface area contributed by atoms with Crippen molar-refractivity contribution in [1.82, 2.24) is 24.8 Å². The molecule has 0 bridgehead atoms. The molecule has 2 aromatic rings. The molecule has 4 atom stereocenters. The van der Waals surface area contributed by atoms with Gasteiger partial charge in [0.25, 0.3) is 0 Å². The number of pyridine rings is 1. The SMILES string of the molecule is CN(CC1(N(C)C)CCC1)c1nc(OCC2(CN3C[C@@H]4OCC43)CC2)nc2c(F)c(C3=CC=C(F)C4SC(N)=C(C#N)C34)ncc12. The van der Waals surface area contributed by atoms with Crippen molar-refractivity contribution < 1.29 is 18.3 Å². The molecule has 13 heteroatoms. The first-order valence-electron chi connectivity index (χ1n) is 16.0. The first kappa shape index (κ1) is 30.1. The van der Waals surface area contributed by atoms with Crippen molar-refractivity contribution in [2.45, 2.75) is 55.0 Å².